The third kappa shape index (κ3) is 3.56. The minimum Gasteiger partial charge on any atom is -0.328 e. The standard InChI is InChI=1S/C14H13N3O3S/c1-10(12-4-2-11(8-15)3-5-12)17-21(19,20)13-6-7-14(18)16-9-13/h2-7,9-10,17H,1H3,(H,16,18). The van der Waals surface area contributed by atoms with Gasteiger partial charge in [0, 0.05) is 18.3 Å². The van der Waals surface area contributed by atoms with E-state index in [0.29, 0.717) is 5.56 Å². The Bertz CT molecular complexity index is 813. The van der Waals surface area contributed by atoms with Gasteiger partial charge in [0.1, 0.15) is 0 Å². The zero-order chi connectivity index (χ0) is 15.5. The van der Waals surface area contributed by atoms with Gasteiger partial charge >= 0.3 is 0 Å². The molecule has 7 heteroatoms. The lowest BCUT2D eigenvalue weighted by molar-refractivity contribution is 0.566. The minimum absolute atomic E-state index is 0.0115. The topological polar surface area (TPSA) is 103 Å². The molecule has 0 aliphatic rings. The van der Waals surface area contributed by atoms with Crippen LogP contribution in [0.2, 0.25) is 0 Å². The number of pyridine rings is 1. The lowest BCUT2D eigenvalue weighted by Gasteiger charge is -2.14. The number of nitrogens with one attached hydrogen (secondary N) is 2. The van der Waals surface area contributed by atoms with Crippen LogP contribution in [0.4, 0.5) is 0 Å². The second kappa shape index (κ2) is 5.91. The molecule has 1 aromatic carbocycles. The third-order valence-electron chi connectivity index (χ3n) is 2.94. The molecule has 108 valence electrons. The molecular formula is C14H13N3O3S. The van der Waals surface area contributed by atoms with Crippen LogP contribution in [0.3, 0.4) is 0 Å². The van der Waals surface area contributed by atoms with Crippen LogP contribution in [0.1, 0.15) is 24.1 Å². The summed E-state index contributed by atoms with van der Waals surface area (Å²) in [7, 11) is -3.73. The van der Waals surface area contributed by atoms with Gasteiger partial charge in [-0.05, 0) is 30.7 Å². The van der Waals surface area contributed by atoms with E-state index in [1.165, 1.54) is 6.07 Å². The molecule has 1 unspecified atom stereocenters. The van der Waals surface area contributed by atoms with Crippen molar-refractivity contribution in [2.75, 3.05) is 0 Å². The summed E-state index contributed by atoms with van der Waals surface area (Å²) in [4.78, 5) is 13.3. The molecule has 0 spiro atoms. The van der Waals surface area contributed by atoms with Crippen molar-refractivity contribution in [2.45, 2.75) is 17.9 Å². The van der Waals surface area contributed by atoms with E-state index in [-0.39, 0.29) is 10.5 Å². The van der Waals surface area contributed by atoms with Crippen LogP contribution in [-0.4, -0.2) is 13.4 Å². The molecule has 6 nitrogen and oxygen atoms in total. The van der Waals surface area contributed by atoms with Crippen LogP contribution >= 0.6 is 0 Å². The first-order valence-electron chi connectivity index (χ1n) is 6.13. The van der Waals surface area contributed by atoms with Crippen molar-refractivity contribution in [1.29, 1.82) is 5.26 Å². The number of nitrogens with zero attached hydrogens (tertiary/aromatic N) is 1. The molecule has 2 aromatic rings. The van der Waals surface area contributed by atoms with E-state index in [9.17, 15) is 13.2 Å². The maximum Gasteiger partial charge on any atom is 0.247 e. The average Bonchev–Trinajstić information content (AvgIpc) is 2.47. The van der Waals surface area contributed by atoms with Gasteiger partial charge in [-0.3, -0.25) is 4.79 Å². The molecule has 0 radical (unpaired) electrons. The van der Waals surface area contributed by atoms with E-state index in [4.69, 9.17) is 5.26 Å². The third-order valence-corrected chi connectivity index (χ3v) is 4.48. The quantitative estimate of drug-likeness (QED) is 0.888. The van der Waals surface area contributed by atoms with Crippen molar-refractivity contribution in [3.05, 3.63) is 64.1 Å². The number of rotatable bonds is 4. The molecule has 1 atom stereocenters. The van der Waals surface area contributed by atoms with Crippen LogP contribution in [0, 0.1) is 11.3 Å². The van der Waals surface area contributed by atoms with Gasteiger partial charge < -0.3 is 4.98 Å². The molecule has 0 fully saturated rings. The molecule has 21 heavy (non-hydrogen) atoms. The second-order valence-corrected chi connectivity index (χ2v) is 6.18. The lowest BCUT2D eigenvalue weighted by atomic mass is 10.1. The molecule has 0 aliphatic heterocycles. The number of H-pyrrole nitrogens is 1. The molecule has 1 aromatic heterocycles. The van der Waals surface area contributed by atoms with Gasteiger partial charge in [-0.2, -0.15) is 5.26 Å². The first-order valence-corrected chi connectivity index (χ1v) is 7.62. The highest BCUT2D eigenvalue weighted by Gasteiger charge is 2.18. The predicted octanol–water partition coefficient (Wildman–Crippen LogP) is 1.29. The number of benzene rings is 1. The highest BCUT2D eigenvalue weighted by Crippen LogP contribution is 2.16. The zero-order valence-electron chi connectivity index (χ0n) is 11.2. The normalized spacial score (nSPS) is 12.6. The zero-order valence-corrected chi connectivity index (χ0v) is 12.0. The molecular weight excluding hydrogens is 290 g/mol. The van der Waals surface area contributed by atoms with Crippen LogP contribution in [-0.2, 0) is 10.0 Å². The Labute approximate surface area is 122 Å². The van der Waals surface area contributed by atoms with Crippen molar-refractivity contribution in [1.82, 2.24) is 9.71 Å². The Balaban J connectivity index is 2.21. The van der Waals surface area contributed by atoms with E-state index < -0.39 is 16.1 Å². The maximum atomic E-state index is 12.2. The Kier molecular flexibility index (Phi) is 4.21. The molecule has 2 N–H and O–H groups in total. The summed E-state index contributed by atoms with van der Waals surface area (Å²) in [6, 6.07) is 10.6. The molecule has 0 saturated carbocycles. The summed E-state index contributed by atoms with van der Waals surface area (Å²) < 4.78 is 26.8. The Hall–Kier alpha value is -2.43. The number of nitriles is 1. The van der Waals surface area contributed by atoms with E-state index >= 15 is 0 Å². The largest absolute Gasteiger partial charge is 0.328 e. The second-order valence-electron chi connectivity index (χ2n) is 4.47. The summed E-state index contributed by atoms with van der Waals surface area (Å²) in [6.45, 7) is 1.70. The average molecular weight is 303 g/mol. The van der Waals surface area contributed by atoms with Gasteiger partial charge in [-0.1, -0.05) is 12.1 Å². The number of aromatic amines is 1. The fraction of sp³-hybridized carbons (Fsp3) is 0.143. The lowest BCUT2D eigenvalue weighted by Crippen LogP contribution is -2.27. The first kappa shape index (κ1) is 15.0. The fourth-order valence-electron chi connectivity index (χ4n) is 1.78. The Morgan fingerprint density at radius 2 is 1.86 bits per heavy atom. The highest BCUT2D eigenvalue weighted by molar-refractivity contribution is 7.89. The van der Waals surface area contributed by atoms with Gasteiger partial charge in [0.05, 0.1) is 16.5 Å². The molecule has 0 amide bonds. The number of hydrogen-bond acceptors (Lipinski definition) is 4. The summed E-state index contributed by atoms with van der Waals surface area (Å²) in [6.07, 6.45) is 1.15. The minimum atomic E-state index is -3.73. The summed E-state index contributed by atoms with van der Waals surface area (Å²) in [5, 5.41) is 8.73. The van der Waals surface area contributed by atoms with Crippen LogP contribution in [0.15, 0.2) is 52.3 Å². The molecule has 1 heterocycles. The van der Waals surface area contributed by atoms with Crippen LogP contribution in [0.25, 0.3) is 0 Å². The van der Waals surface area contributed by atoms with E-state index in [0.717, 1.165) is 17.8 Å². The maximum absolute atomic E-state index is 12.2. The van der Waals surface area contributed by atoms with Crippen molar-refractivity contribution in [2.24, 2.45) is 0 Å². The molecule has 0 aliphatic carbocycles. The highest BCUT2D eigenvalue weighted by atomic mass is 32.2. The van der Waals surface area contributed by atoms with Crippen molar-refractivity contribution >= 4 is 10.0 Å². The summed E-state index contributed by atoms with van der Waals surface area (Å²) in [5.41, 5.74) is 0.880. The molecule has 2 rings (SSSR count). The Morgan fingerprint density at radius 1 is 1.19 bits per heavy atom. The first-order chi connectivity index (χ1) is 9.92. The van der Waals surface area contributed by atoms with Crippen molar-refractivity contribution in [3.63, 3.8) is 0 Å². The van der Waals surface area contributed by atoms with E-state index in [1.54, 1.807) is 31.2 Å². The smallest absolute Gasteiger partial charge is 0.247 e. The van der Waals surface area contributed by atoms with E-state index in [1.807, 2.05) is 6.07 Å². The van der Waals surface area contributed by atoms with Gasteiger partial charge in [-0.15, -0.1) is 0 Å². The fourth-order valence-corrected chi connectivity index (χ4v) is 2.98. The van der Waals surface area contributed by atoms with Crippen LogP contribution in [0.5, 0.6) is 0 Å². The monoisotopic (exact) mass is 303 g/mol. The number of aromatic nitrogens is 1. The van der Waals surface area contributed by atoms with Gasteiger partial charge in [0.25, 0.3) is 0 Å². The van der Waals surface area contributed by atoms with Crippen LogP contribution < -0.4 is 10.3 Å². The molecule has 0 bridgehead atoms. The number of sulfonamides is 1. The van der Waals surface area contributed by atoms with Crippen molar-refractivity contribution < 1.29 is 8.42 Å². The summed E-state index contributed by atoms with van der Waals surface area (Å²) in [5.74, 6) is 0. The van der Waals surface area contributed by atoms with Crippen molar-refractivity contribution in [3.8, 4) is 6.07 Å². The number of hydrogen-bond donors (Lipinski definition) is 2. The SMILES string of the molecule is CC(NS(=O)(=O)c1ccc(=O)[nH]c1)c1ccc(C#N)cc1. The summed E-state index contributed by atoms with van der Waals surface area (Å²) >= 11 is 0. The predicted molar refractivity (Wildman–Crippen MR) is 77.0 cm³/mol. The van der Waals surface area contributed by atoms with Gasteiger partial charge in [-0.25, -0.2) is 13.1 Å². The molecule has 0 saturated heterocycles. The Morgan fingerprint density at radius 3 is 2.38 bits per heavy atom. The van der Waals surface area contributed by atoms with Gasteiger partial charge in [0.2, 0.25) is 15.6 Å². The van der Waals surface area contributed by atoms with Gasteiger partial charge in [0.15, 0.2) is 0 Å². The van der Waals surface area contributed by atoms with E-state index in [2.05, 4.69) is 9.71 Å².